The van der Waals surface area contributed by atoms with Gasteiger partial charge in [-0.05, 0) is 12.8 Å². The molecule has 0 spiro atoms. The second-order valence-electron chi connectivity index (χ2n) is 4.95. The minimum atomic E-state index is -0.488. The lowest BCUT2D eigenvalue weighted by Crippen LogP contribution is -2.35. The Morgan fingerprint density at radius 3 is 2.81 bits per heavy atom. The number of anilines is 2. The van der Waals surface area contributed by atoms with Gasteiger partial charge in [-0.2, -0.15) is 15.1 Å². The van der Waals surface area contributed by atoms with E-state index in [4.69, 9.17) is 4.74 Å². The molecule has 1 unspecified atom stereocenters. The zero-order chi connectivity index (χ0) is 15.4. The van der Waals surface area contributed by atoms with Crippen LogP contribution in [0.15, 0.2) is 6.20 Å². The molecule has 2 heterocycles. The van der Waals surface area contributed by atoms with Crippen LogP contribution in [0.2, 0.25) is 0 Å². The fourth-order valence-corrected chi connectivity index (χ4v) is 1.95. The Bertz CT molecular complexity index is 624. The summed E-state index contributed by atoms with van der Waals surface area (Å²) >= 11 is 0. The summed E-state index contributed by atoms with van der Waals surface area (Å²) in [6.45, 7) is 6.53. The van der Waals surface area contributed by atoms with E-state index >= 15 is 0 Å². The zero-order valence-corrected chi connectivity index (χ0v) is 12.6. The molecule has 0 saturated heterocycles. The number of ether oxygens (including phenoxy) is 1. The number of carbonyl (C=O) groups is 1. The van der Waals surface area contributed by atoms with Gasteiger partial charge in [-0.3, -0.25) is 5.10 Å². The van der Waals surface area contributed by atoms with Crippen LogP contribution in [-0.2, 0) is 9.53 Å². The first-order valence-electron chi connectivity index (χ1n) is 6.86. The number of methoxy groups -OCH3 is 1. The van der Waals surface area contributed by atoms with Crippen molar-refractivity contribution in [2.75, 3.05) is 24.3 Å². The summed E-state index contributed by atoms with van der Waals surface area (Å²) in [5.74, 6) is 0.750. The third-order valence-corrected chi connectivity index (χ3v) is 3.06. The summed E-state index contributed by atoms with van der Waals surface area (Å²) in [6.07, 6.45) is 1.63. The molecule has 0 fully saturated rings. The lowest BCUT2D eigenvalue weighted by molar-refractivity contribution is -0.142. The summed E-state index contributed by atoms with van der Waals surface area (Å²) in [6, 6.07) is -0.488. The summed E-state index contributed by atoms with van der Waals surface area (Å²) in [5, 5.41) is 13.7. The molecule has 0 aliphatic heterocycles. The molecule has 0 radical (unpaired) electrons. The van der Waals surface area contributed by atoms with Crippen LogP contribution >= 0.6 is 0 Å². The predicted molar refractivity (Wildman–Crippen MR) is 80.1 cm³/mol. The van der Waals surface area contributed by atoms with Crippen LogP contribution in [0.1, 0.15) is 20.8 Å². The van der Waals surface area contributed by atoms with Gasteiger partial charge in [-0.15, -0.1) is 0 Å². The Kier molecular flexibility index (Phi) is 4.56. The fraction of sp³-hybridized carbons (Fsp3) is 0.538. The molecule has 0 bridgehead atoms. The number of aromatic amines is 1. The maximum atomic E-state index is 11.9. The van der Waals surface area contributed by atoms with Crippen molar-refractivity contribution in [3.63, 3.8) is 0 Å². The van der Waals surface area contributed by atoms with Gasteiger partial charge >= 0.3 is 5.97 Å². The molecule has 0 aliphatic carbocycles. The number of hydrogen-bond donors (Lipinski definition) is 3. The Morgan fingerprint density at radius 2 is 2.19 bits per heavy atom. The van der Waals surface area contributed by atoms with Crippen molar-refractivity contribution < 1.29 is 9.53 Å². The van der Waals surface area contributed by atoms with E-state index in [-0.39, 0.29) is 11.9 Å². The van der Waals surface area contributed by atoms with Gasteiger partial charge in [0.25, 0.3) is 0 Å². The highest BCUT2D eigenvalue weighted by Crippen LogP contribution is 2.22. The standard InChI is InChI=1S/C13H20N6O2/c1-5-14-13-17-10(8-6-15-19-11(8)18-13)16-9(7(2)3)12(20)21-4/h6-7,9H,5H2,1-4H3,(H3,14,15,16,17,18,19). The Hall–Kier alpha value is -2.38. The number of carbonyl (C=O) groups excluding carboxylic acids is 1. The van der Waals surface area contributed by atoms with Gasteiger partial charge in [-0.1, -0.05) is 13.8 Å². The molecular weight excluding hydrogens is 272 g/mol. The van der Waals surface area contributed by atoms with Crippen LogP contribution in [0.3, 0.4) is 0 Å². The normalized spacial score (nSPS) is 12.4. The van der Waals surface area contributed by atoms with Crippen LogP contribution in [0, 0.1) is 5.92 Å². The highest BCUT2D eigenvalue weighted by Gasteiger charge is 2.24. The molecule has 1 atom stereocenters. The molecule has 0 saturated carbocycles. The van der Waals surface area contributed by atoms with Crippen LogP contribution < -0.4 is 10.6 Å². The van der Waals surface area contributed by atoms with Crippen LogP contribution in [0.4, 0.5) is 11.8 Å². The van der Waals surface area contributed by atoms with E-state index < -0.39 is 6.04 Å². The maximum absolute atomic E-state index is 11.9. The van der Waals surface area contributed by atoms with Crippen LogP contribution in [0.5, 0.6) is 0 Å². The first kappa shape index (κ1) is 15.0. The molecule has 21 heavy (non-hydrogen) atoms. The van der Waals surface area contributed by atoms with Crippen molar-refractivity contribution in [3.8, 4) is 0 Å². The van der Waals surface area contributed by atoms with Crippen molar-refractivity contribution in [1.82, 2.24) is 20.2 Å². The second-order valence-corrected chi connectivity index (χ2v) is 4.95. The Morgan fingerprint density at radius 1 is 1.43 bits per heavy atom. The molecule has 0 aromatic carbocycles. The topological polar surface area (TPSA) is 105 Å². The van der Waals surface area contributed by atoms with Crippen LogP contribution in [-0.4, -0.2) is 45.8 Å². The number of aromatic nitrogens is 4. The van der Waals surface area contributed by atoms with E-state index in [2.05, 4.69) is 30.8 Å². The molecule has 114 valence electrons. The van der Waals surface area contributed by atoms with Gasteiger partial charge in [-0.25, -0.2) is 4.79 Å². The van der Waals surface area contributed by atoms with Gasteiger partial charge < -0.3 is 15.4 Å². The predicted octanol–water partition coefficient (Wildman–Crippen LogP) is 1.39. The summed E-state index contributed by atoms with van der Waals surface area (Å²) < 4.78 is 4.83. The maximum Gasteiger partial charge on any atom is 0.328 e. The average molecular weight is 292 g/mol. The van der Waals surface area contributed by atoms with Crippen LogP contribution in [0.25, 0.3) is 11.0 Å². The largest absolute Gasteiger partial charge is 0.467 e. The number of nitrogens with zero attached hydrogens (tertiary/aromatic N) is 3. The molecule has 2 aromatic rings. The summed E-state index contributed by atoms with van der Waals surface area (Å²) in [5.41, 5.74) is 0.607. The molecule has 8 nitrogen and oxygen atoms in total. The average Bonchev–Trinajstić information content (AvgIpc) is 2.92. The SMILES string of the molecule is CCNc1nc(NC(C(=O)OC)C(C)C)c2cn[nH]c2n1. The second kappa shape index (κ2) is 6.38. The van der Waals surface area contributed by atoms with Crippen molar-refractivity contribution in [3.05, 3.63) is 6.20 Å². The Labute approximate surface area is 122 Å². The number of hydrogen-bond acceptors (Lipinski definition) is 7. The smallest absolute Gasteiger partial charge is 0.328 e. The van der Waals surface area contributed by atoms with E-state index in [1.54, 1.807) is 6.20 Å². The molecule has 8 heteroatoms. The van der Waals surface area contributed by atoms with Gasteiger partial charge in [0.2, 0.25) is 5.95 Å². The highest BCUT2D eigenvalue weighted by atomic mass is 16.5. The van der Waals surface area contributed by atoms with Gasteiger partial charge in [0.05, 0.1) is 18.7 Å². The number of nitrogens with one attached hydrogen (secondary N) is 3. The van der Waals surface area contributed by atoms with Gasteiger partial charge in [0.1, 0.15) is 11.9 Å². The highest BCUT2D eigenvalue weighted by molar-refractivity contribution is 5.89. The molecule has 0 amide bonds. The molecule has 0 aliphatic rings. The third kappa shape index (κ3) is 3.21. The summed E-state index contributed by atoms with van der Waals surface area (Å²) in [7, 11) is 1.37. The van der Waals surface area contributed by atoms with Gasteiger partial charge in [0, 0.05) is 6.54 Å². The van der Waals surface area contributed by atoms with Crippen molar-refractivity contribution in [2.45, 2.75) is 26.8 Å². The molecule has 2 rings (SSSR count). The molecule has 3 N–H and O–H groups in total. The molecular formula is C13H20N6O2. The van der Waals surface area contributed by atoms with E-state index in [0.717, 1.165) is 5.39 Å². The fourth-order valence-electron chi connectivity index (χ4n) is 1.95. The van der Waals surface area contributed by atoms with Crippen molar-refractivity contribution >= 4 is 28.8 Å². The lowest BCUT2D eigenvalue weighted by Gasteiger charge is -2.20. The van der Waals surface area contributed by atoms with E-state index in [0.29, 0.717) is 24.0 Å². The van der Waals surface area contributed by atoms with Gasteiger partial charge in [0.15, 0.2) is 5.65 Å². The van der Waals surface area contributed by atoms with E-state index in [1.807, 2.05) is 20.8 Å². The van der Waals surface area contributed by atoms with Crippen molar-refractivity contribution in [1.29, 1.82) is 0 Å². The monoisotopic (exact) mass is 292 g/mol. The summed E-state index contributed by atoms with van der Waals surface area (Å²) in [4.78, 5) is 20.6. The van der Waals surface area contributed by atoms with E-state index in [9.17, 15) is 4.79 Å². The number of fused-ring (bicyclic) bond motifs is 1. The third-order valence-electron chi connectivity index (χ3n) is 3.06. The number of H-pyrrole nitrogens is 1. The minimum absolute atomic E-state index is 0.0527. The Balaban J connectivity index is 2.39. The minimum Gasteiger partial charge on any atom is -0.467 e. The van der Waals surface area contributed by atoms with Crippen molar-refractivity contribution in [2.24, 2.45) is 5.92 Å². The first-order valence-corrected chi connectivity index (χ1v) is 6.86. The number of rotatable bonds is 6. The quantitative estimate of drug-likeness (QED) is 0.691. The lowest BCUT2D eigenvalue weighted by atomic mass is 10.0. The van der Waals surface area contributed by atoms with E-state index in [1.165, 1.54) is 7.11 Å². The first-order chi connectivity index (χ1) is 10.1. The zero-order valence-electron chi connectivity index (χ0n) is 12.6. The molecule has 2 aromatic heterocycles. The number of esters is 1.